The van der Waals surface area contributed by atoms with Gasteiger partial charge in [-0.25, -0.2) is 0 Å². The minimum absolute atomic E-state index is 0.151. The van der Waals surface area contributed by atoms with Gasteiger partial charge in [0.15, 0.2) is 17.3 Å². The van der Waals surface area contributed by atoms with E-state index >= 15 is 0 Å². The second-order valence-corrected chi connectivity index (χ2v) is 6.39. The van der Waals surface area contributed by atoms with E-state index in [1.165, 1.54) is 6.42 Å². The number of aromatic nitrogens is 3. The monoisotopic (exact) mass is 342 g/mol. The molecule has 7 nitrogen and oxygen atoms in total. The lowest BCUT2D eigenvalue weighted by atomic mass is 10.2. The lowest BCUT2D eigenvalue weighted by molar-refractivity contribution is 0.0949. The number of hydrogen-bond donors (Lipinski definition) is 1. The molecule has 4 rings (SSSR count). The van der Waals surface area contributed by atoms with E-state index in [1.54, 1.807) is 18.2 Å². The number of nitrogens with one attached hydrogen (secondary N) is 1. The van der Waals surface area contributed by atoms with Crippen LogP contribution in [0.25, 0.3) is 0 Å². The van der Waals surface area contributed by atoms with Gasteiger partial charge in [0.05, 0.1) is 19.8 Å². The highest BCUT2D eigenvalue weighted by Crippen LogP contribution is 2.30. The number of amides is 1. The fourth-order valence-electron chi connectivity index (χ4n) is 3.24. The molecule has 0 unspecified atom stereocenters. The second-order valence-electron chi connectivity index (χ2n) is 6.39. The SMILES string of the molecule is O=C(NCc1nnc2n1CCCCC2)c1ccc2c(c1)OCCCO2. The highest BCUT2D eigenvalue weighted by molar-refractivity contribution is 5.94. The van der Waals surface area contributed by atoms with Crippen molar-refractivity contribution < 1.29 is 14.3 Å². The van der Waals surface area contributed by atoms with Crippen molar-refractivity contribution in [1.82, 2.24) is 20.1 Å². The Bertz CT molecular complexity index is 772. The standard InChI is InChI=1S/C18H22N4O3/c23-18(13-6-7-14-15(11-13)25-10-4-9-24-14)19-12-17-21-20-16-5-2-1-3-8-22(16)17/h6-7,11H,1-5,8-10,12H2,(H,19,23). The molecule has 2 aliphatic rings. The van der Waals surface area contributed by atoms with E-state index in [0.29, 0.717) is 36.8 Å². The van der Waals surface area contributed by atoms with Crippen LogP contribution in [0.4, 0.5) is 0 Å². The highest BCUT2D eigenvalue weighted by atomic mass is 16.5. The van der Waals surface area contributed by atoms with Gasteiger partial charge in [0.25, 0.3) is 5.91 Å². The summed E-state index contributed by atoms with van der Waals surface area (Å²) in [6.07, 6.45) is 5.31. The van der Waals surface area contributed by atoms with Gasteiger partial charge in [-0.1, -0.05) is 6.42 Å². The molecular weight excluding hydrogens is 320 g/mol. The summed E-state index contributed by atoms with van der Waals surface area (Å²) >= 11 is 0. The van der Waals surface area contributed by atoms with Crippen LogP contribution in [0.5, 0.6) is 11.5 Å². The van der Waals surface area contributed by atoms with Crippen molar-refractivity contribution in [1.29, 1.82) is 0 Å². The molecule has 0 bridgehead atoms. The largest absolute Gasteiger partial charge is 0.490 e. The Kier molecular flexibility index (Phi) is 4.54. The molecule has 1 aromatic heterocycles. The predicted octanol–water partition coefficient (Wildman–Crippen LogP) is 2.10. The van der Waals surface area contributed by atoms with Crippen molar-refractivity contribution >= 4 is 5.91 Å². The number of ether oxygens (including phenoxy) is 2. The van der Waals surface area contributed by atoms with Gasteiger partial charge in [-0.2, -0.15) is 0 Å². The molecule has 25 heavy (non-hydrogen) atoms. The number of carbonyl (C=O) groups is 1. The maximum absolute atomic E-state index is 12.5. The van der Waals surface area contributed by atoms with Gasteiger partial charge in [0, 0.05) is 24.9 Å². The Morgan fingerprint density at radius 3 is 2.88 bits per heavy atom. The Morgan fingerprint density at radius 2 is 1.96 bits per heavy atom. The van der Waals surface area contributed by atoms with E-state index in [0.717, 1.165) is 43.9 Å². The quantitative estimate of drug-likeness (QED) is 0.924. The summed E-state index contributed by atoms with van der Waals surface area (Å²) < 4.78 is 13.4. The maximum Gasteiger partial charge on any atom is 0.251 e. The van der Waals surface area contributed by atoms with Crippen molar-refractivity contribution in [2.75, 3.05) is 13.2 Å². The highest BCUT2D eigenvalue weighted by Gasteiger charge is 2.17. The fourth-order valence-corrected chi connectivity index (χ4v) is 3.24. The number of benzene rings is 1. The first-order chi connectivity index (χ1) is 12.3. The second kappa shape index (κ2) is 7.13. The molecule has 0 saturated carbocycles. The number of nitrogens with zero attached hydrogens (tertiary/aromatic N) is 3. The minimum atomic E-state index is -0.151. The van der Waals surface area contributed by atoms with Crippen molar-refractivity contribution in [2.24, 2.45) is 0 Å². The molecule has 0 atom stereocenters. The smallest absolute Gasteiger partial charge is 0.251 e. The molecule has 2 aromatic rings. The molecule has 0 aliphatic carbocycles. The van der Waals surface area contributed by atoms with E-state index in [2.05, 4.69) is 20.1 Å². The van der Waals surface area contributed by atoms with Crippen LogP contribution in [-0.4, -0.2) is 33.9 Å². The molecule has 0 saturated heterocycles. The van der Waals surface area contributed by atoms with Crippen LogP contribution < -0.4 is 14.8 Å². The number of hydrogen-bond acceptors (Lipinski definition) is 5. The summed E-state index contributed by atoms with van der Waals surface area (Å²) in [6, 6.07) is 5.28. The van der Waals surface area contributed by atoms with Gasteiger partial charge in [-0.05, 0) is 31.0 Å². The zero-order valence-corrected chi connectivity index (χ0v) is 14.2. The number of fused-ring (bicyclic) bond motifs is 2. The fraction of sp³-hybridized carbons (Fsp3) is 0.500. The zero-order valence-electron chi connectivity index (χ0n) is 14.2. The van der Waals surface area contributed by atoms with Crippen molar-refractivity contribution in [3.05, 3.63) is 35.4 Å². The molecule has 1 amide bonds. The molecule has 132 valence electrons. The normalized spacial score (nSPS) is 16.5. The summed E-state index contributed by atoms with van der Waals surface area (Å²) in [5.41, 5.74) is 0.555. The summed E-state index contributed by atoms with van der Waals surface area (Å²) in [7, 11) is 0. The average Bonchev–Trinajstić information content (AvgIpc) is 2.83. The predicted molar refractivity (Wildman–Crippen MR) is 90.8 cm³/mol. The summed E-state index contributed by atoms with van der Waals surface area (Å²) in [5, 5.41) is 11.4. The first kappa shape index (κ1) is 15.9. The van der Waals surface area contributed by atoms with Crippen molar-refractivity contribution in [3.63, 3.8) is 0 Å². The summed E-state index contributed by atoms with van der Waals surface area (Å²) in [5.74, 6) is 3.01. The van der Waals surface area contributed by atoms with Crippen molar-refractivity contribution in [2.45, 2.75) is 45.2 Å². The third-order valence-corrected chi connectivity index (χ3v) is 4.60. The van der Waals surface area contributed by atoms with Gasteiger partial charge in [-0.3, -0.25) is 4.79 Å². The van der Waals surface area contributed by atoms with Crippen LogP contribution in [0.15, 0.2) is 18.2 Å². The van der Waals surface area contributed by atoms with Gasteiger partial charge in [0.2, 0.25) is 0 Å². The third kappa shape index (κ3) is 3.45. The summed E-state index contributed by atoms with van der Waals surface area (Å²) in [4.78, 5) is 12.5. The molecule has 1 aromatic carbocycles. The van der Waals surface area contributed by atoms with Gasteiger partial charge >= 0.3 is 0 Å². The van der Waals surface area contributed by atoms with Gasteiger partial charge < -0.3 is 19.4 Å². The Labute approximate surface area is 146 Å². The van der Waals surface area contributed by atoms with E-state index in [9.17, 15) is 4.79 Å². The van der Waals surface area contributed by atoms with Crippen molar-refractivity contribution in [3.8, 4) is 11.5 Å². The minimum Gasteiger partial charge on any atom is -0.490 e. The molecule has 2 aliphatic heterocycles. The van der Waals surface area contributed by atoms with Crippen LogP contribution in [-0.2, 0) is 19.5 Å². The Hall–Kier alpha value is -2.57. The van der Waals surface area contributed by atoms with Crippen LogP contribution in [0, 0.1) is 0 Å². The number of carbonyl (C=O) groups excluding carboxylic acids is 1. The summed E-state index contributed by atoms with van der Waals surface area (Å²) in [6.45, 7) is 2.54. The maximum atomic E-state index is 12.5. The molecule has 0 radical (unpaired) electrons. The first-order valence-corrected chi connectivity index (χ1v) is 8.90. The van der Waals surface area contributed by atoms with E-state index in [-0.39, 0.29) is 5.91 Å². The van der Waals surface area contributed by atoms with Gasteiger partial charge in [0.1, 0.15) is 5.82 Å². The topological polar surface area (TPSA) is 78.3 Å². The number of rotatable bonds is 3. The van der Waals surface area contributed by atoms with Crippen LogP contribution in [0.1, 0.15) is 47.7 Å². The van der Waals surface area contributed by atoms with E-state index in [1.807, 2.05) is 0 Å². The van der Waals surface area contributed by atoms with E-state index < -0.39 is 0 Å². The molecular formula is C18H22N4O3. The van der Waals surface area contributed by atoms with Crippen LogP contribution in [0.2, 0.25) is 0 Å². The van der Waals surface area contributed by atoms with Crippen LogP contribution in [0.3, 0.4) is 0 Å². The Morgan fingerprint density at radius 1 is 1.08 bits per heavy atom. The van der Waals surface area contributed by atoms with Gasteiger partial charge in [-0.15, -0.1) is 10.2 Å². The molecule has 7 heteroatoms. The third-order valence-electron chi connectivity index (χ3n) is 4.60. The number of aryl methyl sites for hydroxylation is 1. The van der Waals surface area contributed by atoms with E-state index in [4.69, 9.17) is 9.47 Å². The Balaban J connectivity index is 1.44. The van der Waals surface area contributed by atoms with Crippen LogP contribution >= 0.6 is 0 Å². The average molecular weight is 342 g/mol. The molecule has 1 N–H and O–H groups in total. The lowest BCUT2D eigenvalue weighted by Gasteiger charge is -2.10. The molecule has 3 heterocycles. The first-order valence-electron chi connectivity index (χ1n) is 8.90. The molecule has 0 spiro atoms. The lowest BCUT2D eigenvalue weighted by Crippen LogP contribution is -2.25. The zero-order chi connectivity index (χ0) is 17.1. The molecule has 0 fully saturated rings.